The molecule has 0 fully saturated rings. The second kappa shape index (κ2) is 3.23. The maximum absolute atomic E-state index is 6.00. The van der Waals surface area contributed by atoms with Gasteiger partial charge in [-0.3, -0.25) is 0 Å². The van der Waals surface area contributed by atoms with E-state index in [1.165, 1.54) is 0 Å². The molecule has 66 valence electrons. The van der Waals surface area contributed by atoms with E-state index < -0.39 is 0 Å². The van der Waals surface area contributed by atoms with Crippen molar-refractivity contribution in [2.24, 2.45) is 0 Å². The highest BCUT2D eigenvalue weighted by Gasteiger charge is 1.99. The summed E-state index contributed by atoms with van der Waals surface area (Å²) < 4.78 is 0. The molecular weight excluding hydrogens is 184 g/mol. The third kappa shape index (κ3) is 1.45. The lowest BCUT2D eigenvalue weighted by Gasteiger charge is -2.02. The van der Waals surface area contributed by atoms with Crippen molar-refractivity contribution in [3.05, 3.63) is 35.4 Å². The van der Waals surface area contributed by atoms with E-state index in [0.717, 1.165) is 16.7 Å². The molecule has 3 heteroatoms. The molecule has 0 amide bonds. The summed E-state index contributed by atoms with van der Waals surface area (Å²) in [6, 6.07) is 9.69. The molecule has 0 aliphatic heterocycles. The molecule has 1 heterocycles. The highest BCUT2D eigenvalue weighted by molar-refractivity contribution is 6.35. The number of hydrogen-bond acceptors (Lipinski definition) is 2. The number of hydrogen-bond donors (Lipinski definition) is 1. The number of halogens is 1. The van der Waals surface area contributed by atoms with Crippen LogP contribution in [0.15, 0.2) is 30.3 Å². The summed E-state index contributed by atoms with van der Waals surface area (Å²) in [7, 11) is 1.84. The number of pyridine rings is 1. The second-order valence-corrected chi connectivity index (χ2v) is 3.17. The number of nitrogens with zero attached hydrogens (tertiary/aromatic N) is 1. The number of fused-ring (bicyclic) bond motifs is 1. The van der Waals surface area contributed by atoms with Gasteiger partial charge in [-0.15, -0.1) is 0 Å². The Morgan fingerprint density at radius 1 is 1.23 bits per heavy atom. The van der Waals surface area contributed by atoms with E-state index in [2.05, 4.69) is 10.3 Å². The third-order valence-corrected chi connectivity index (χ3v) is 2.23. The molecule has 0 bridgehead atoms. The van der Waals surface area contributed by atoms with Gasteiger partial charge in [-0.1, -0.05) is 23.7 Å². The van der Waals surface area contributed by atoms with Crippen LogP contribution in [0.25, 0.3) is 10.9 Å². The zero-order valence-electron chi connectivity index (χ0n) is 7.21. The van der Waals surface area contributed by atoms with Crippen LogP contribution in [-0.4, -0.2) is 12.0 Å². The number of rotatable bonds is 1. The van der Waals surface area contributed by atoms with E-state index in [9.17, 15) is 0 Å². The Kier molecular flexibility index (Phi) is 2.07. The lowest BCUT2D eigenvalue weighted by atomic mass is 10.2. The Morgan fingerprint density at radius 2 is 2.08 bits per heavy atom. The number of anilines is 1. The fraction of sp³-hybridized carbons (Fsp3) is 0.100. The fourth-order valence-electron chi connectivity index (χ4n) is 1.25. The summed E-state index contributed by atoms with van der Waals surface area (Å²) in [5.41, 5.74) is 0.844. The van der Waals surface area contributed by atoms with Crippen molar-refractivity contribution < 1.29 is 0 Å². The fourth-order valence-corrected chi connectivity index (χ4v) is 1.47. The van der Waals surface area contributed by atoms with Crippen molar-refractivity contribution in [3.63, 3.8) is 0 Å². The Labute approximate surface area is 81.6 Å². The topological polar surface area (TPSA) is 24.9 Å². The van der Waals surface area contributed by atoms with Crippen molar-refractivity contribution in [2.45, 2.75) is 0 Å². The first kappa shape index (κ1) is 8.32. The summed E-state index contributed by atoms with van der Waals surface area (Å²) in [6.45, 7) is 0. The van der Waals surface area contributed by atoms with Gasteiger partial charge in [0.15, 0.2) is 0 Å². The van der Waals surface area contributed by atoms with Crippen molar-refractivity contribution in [3.8, 4) is 0 Å². The number of aromatic nitrogens is 1. The zero-order valence-corrected chi connectivity index (χ0v) is 7.97. The molecule has 0 unspecified atom stereocenters. The first-order valence-corrected chi connectivity index (χ1v) is 4.42. The number of benzene rings is 1. The van der Waals surface area contributed by atoms with Crippen LogP contribution in [0.2, 0.25) is 5.02 Å². The summed E-state index contributed by atoms with van der Waals surface area (Å²) in [5.74, 6) is 0.834. The molecule has 0 atom stereocenters. The quantitative estimate of drug-likeness (QED) is 0.752. The molecule has 0 radical (unpaired) electrons. The summed E-state index contributed by atoms with van der Waals surface area (Å²) >= 11 is 6.00. The molecule has 1 aromatic carbocycles. The van der Waals surface area contributed by atoms with Gasteiger partial charge in [0.25, 0.3) is 0 Å². The molecule has 13 heavy (non-hydrogen) atoms. The summed E-state index contributed by atoms with van der Waals surface area (Å²) in [5, 5.41) is 4.73. The molecule has 2 rings (SSSR count). The lowest BCUT2D eigenvalue weighted by molar-refractivity contribution is 1.34. The van der Waals surface area contributed by atoms with Crippen LogP contribution in [-0.2, 0) is 0 Å². The maximum Gasteiger partial charge on any atom is 0.126 e. The van der Waals surface area contributed by atoms with Gasteiger partial charge < -0.3 is 5.32 Å². The Balaban J connectivity index is 2.74. The molecule has 0 spiro atoms. The van der Waals surface area contributed by atoms with E-state index in [1.54, 1.807) is 0 Å². The van der Waals surface area contributed by atoms with Crippen LogP contribution in [0.5, 0.6) is 0 Å². The molecule has 1 aromatic heterocycles. The highest BCUT2D eigenvalue weighted by atomic mass is 35.5. The lowest BCUT2D eigenvalue weighted by Crippen LogP contribution is -1.91. The average Bonchev–Trinajstić information content (AvgIpc) is 2.18. The molecule has 1 N–H and O–H groups in total. The van der Waals surface area contributed by atoms with Gasteiger partial charge in [0.2, 0.25) is 0 Å². The Bertz CT molecular complexity index is 440. The van der Waals surface area contributed by atoms with Crippen LogP contribution < -0.4 is 5.32 Å². The van der Waals surface area contributed by atoms with Crippen molar-refractivity contribution >= 4 is 28.3 Å². The first-order valence-electron chi connectivity index (χ1n) is 4.04. The van der Waals surface area contributed by atoms with Crippen molar-refractivity contribution in [1.29, 1.82) is 0 Å². The average molecular weight is 193 g/mol. The van der Waals surface area contributed by atoms with E-state index in [1.807, 2.05) is 37.4 Å². The molecule has 0 saturated heterocycles. The largest absolute Gasteiger partial charge is 0.373 e. The van der Waals surface area contributed by atoms with Gasteiger partial charge in [0.05, 0.1) is 10.5 Å². The van der Waals surface area contributed by atoms with Gasteiger partial charge in [0.1, 0.15) is 5.82 Å². The minimum atomic E-state index is 0.689. The smallest absolute Gasteiger partial charge is 0.126 e. The SMILES string of the molecule is CNc1ccc2cccc(Cl)c2n1. The first-order chi connectivity index (χ1) is 6.31. The molecular formula is C10H9ClN2. The second-order valence-electron chi connectivity index (χ2n) is 2.76. The number of para-hydroxylation sites is 1. The molecule has 2 nitrogen and oxygen atoms in total. The molecule has 0 aliphatic rings. The predicted molar refractivity (Wildman–Crippen MR) is 56.3 cm³/mol. The van der Waals surface area contributed by atoms with Crippen LogP contribution in [0.1, 0.15) is 0 Å². The van der Waals surface area contributed by atoms with Gasteiger partial charge in [0, 0.05) is 12.4 Å². The van der Waals surface area contributed by atoms with E-state index in [0.29, 0.717) is 5.02 Å². The summed E-state index contributed by atoms with van der Waals surface area (Å²) in [4.78, 5) is 4.35. The van der Waals surface area contributed by atoms with E-state index in [-0.39, 0.29) is 0 Å². The third-order valence-electron chi connectivity index (χ3n) is 1.93. The van der Waals surface area contributed by atoms with Gasteiger partial charge >= 0.3 is 0 Å². The minimum Gasteiger partial charge on any atom is -0.373 e. The van der Waals surface area contributed by atoms with Gasteiger partial charge in [-0.2, -0.15) is 0 Å². The van der Waals surface area contributed by atoms with Crippen molar-refractivity contribution in [2.75, 3.05) is 12.4 Å². The maximum atomic E-state index is 6.00. The normalized spacial score (nSPS) is 10.3. The van der Waals surface area contributed by atoms with Crippen LogP contribution >= 0.6 is 11.6 Å². The molecule has 0 saturated carbocycles. The Hall–Kier alpha value is -1.28. The standard InChI is InChI=1S/C10H9ClN2/c1-12-9-6-5-7-3-2-4-8(11)10(7)13-9/h2-6H,1H3,(H,12,13). The zero-order chi connectivity index (χ0) is 9.26. The van der Waals surface area contributed by atoms with Gasteiger partial charge in [-0.05, 0) is 18.2 Å². The van der Waals surface area contributed by atoms with Gasteiger partial charge in [-0.25, -0.2) is 4.98 Å². The molecule has 0 aliphatic carbocycles. The molecule has 2 aromatic rings. The summed E-state index contributed by atoms with van der Waals surface area (Å²) in [6.07, 6.45) is 0. The predicted octanol–water partition coefficient (Wildman–Crippen LogP) is 2.93. The van der Waals surface area contributed by atoms with Crippen LogP contribution in [0.3, 0.4) is 0 Å². The van der Waals surface area contributed by atoms with E-state index >= 15 is 0 Å². The Morgan fingerprint density at radius 3 is 2.85 bits per heavy atom. The van der Waals surface area contributed by atoms with Crippen molar-refractivity contribution in [1.82, 2.24) is 4.98 Å². The number of nitrogens with one attached hydrogen (secondary N) is 1. The van der Waals surface area contributed by atoms with E-state index in [4.69, 9.17) is 11.6 Å². The monoisotopic (exact) mass is 192 g/mol. The van der Waals surface area contributed by atoms with Crippen LogP contribution in [0.4, 0.5) is 5.82 Å². The highest BCUT2D eigenvalue weighted by Crippen LogP contribution is 2.22. The minimum absolute atomic E-state index is 0.689. The van der Waals surface area contributed by atoms with Crippen LogP contribution in [0, 0.1) is 0 Å².